The van der Waals surface area contributed by atoms with Gasteiger partial charge < -0.3 is 10.1 Å². The van der Waals surface area contributed by atoms with Crippen LogP contribution in [0.2, 0.25) is 0 Å². The van der Waals surface area contributed by atoms with Crippen LogP contribution in [0.4, 0.5) is 5.82 Å². The molecule has 0 radical (unpaired) electrons. The first-order valence-corrected chi connectivity index (χ1v) is 7.83. The van der Waals surface area contributed by atoms with Crippen molar-refractivity contribution in [2.24, 2.45) is 0 Å². The number of anilines is 1. The number of hydrogen-bond acceptors (Lipinski definition) is 4. The van der Waals surface area contributed by atoms with E-state index in [1.165, 1.54) is 0 Å². The summed E-state index contributed by atoms with van der Waals surface area (Å²) in [5, 5.41) is 3.56. The fraction of sp³-hybridized carbons (Fsp3) is 0.750. The highest BCUT2D eigenvalue weighted by atomic mass is 16.5. The molecule has 0 atom stereocenters. The van der Waals surface area contributed by atoms with Gasteiger partial charge in [-0.25, -0.2) is 9.97 Å². The van der Waals surface area contributed by atoms with E-state index in [1.54, 1.807) is 0 Å². The van der Waals surface area contributed by atoms with E-state index in [1.807, 2.05) is 6.92 Å². The molecule has 0 aromatic carbocycles. The summed E-state index contributed by atoms with van der Waals surface area (Å²) >= 11 is 0. The lowest BCUT2D eigenvalue weighted by molar-refractivity contribution is -0.0133. The lowest BCUT2D eigenvalue weighted by Gasteiger charge is -2.30. The largest absolute Gasteiger partial charge is 0.376 e. The van der Waals surface area contributed by atoms with Crippen LogP contribution >= 0.6 is 0 Å². The van der Waals surface area contributed by atoms with E-state index in [0.717, 1.165) is 49.4 Å². The van der Waals surface area contributed by atoms with Crippen molar-refractivity contribution in [2.45, 2.75) is 78.0 Å². The molecule has 4 heteroatoms. The third kappa shape index (κ3) is 4.44. The monoisotopic (exact) mass is 277 g/mol. The van der Waals surface area contributed by atoms with Gasteiger partial charge in [0, 0.05) is 17.8 Å². The van der Waals surface area contributed by atoms with Gasteiger partial charge in [0.2, 0.25) is 0 Å². The first kappa shape index (κ1) is 15.2. The van der Waals surface area contributed by atoms with E-state index in [2.05, 4.69) is 42.1 Å². The van der Waals surface area contributed by atoms with Crippen LogP contribution in [0.15, 0.2) is 6.07 Å². The van der Waals surface area contributed by atoms with Gasteiger partial charge in [-0.2, -0.15) is 0 Å². The van der Waals surface area contributed by atoms with Crippen molar-refractivity contribution in [1.82, 2.24) is 9.97 Å². The molecule has 20 heavy (non-hydrogen) atoms. The van der Waals surface area contributed by atoms with Crippen molar-refractivity contribution in [3.05, 3.63) is 17.6 Å². The smallest absolute Gasteiger partial charge is 0.130 e. The zero-order valence-corrected chi connectivity index (χ0v) is 13.1. The molecule has 1 aliphatic carbocycles. The van der Waals surface area contributed by atoms with Crippen LogP contribution in [0, 0.1) is 6.92 Å². The second-order valence-corrected chi connectivity index (χ2v) is 5.95. The second-order valence-electron chi connectivity index (χ2n) is 5.95. The lowest BCUT2D eigenvalue weighted by atomic mass is 9.93. The van der Waals surface area contributed by atoms with Crippen molar-refractivity contribution in [3.8, 4) is 0 Å². The van der Waals surface area contributed by atoms with Crippen LogP contribution in [-0.4, -0.2) is 28.2 Å². The summed E-state index contributed by atoms with van der Waals surface area (Å²) < 4.78 is 5.89. The Bertz CT molecular complexity index is 426. The highest BCUT2D eigenvalue weighted by molar-refractivity contribution is 5.37. The van der Waals surface area contributed by atoms with Crippen LogP contribution in [-0.2, 0) is 11.2 Å². The van der Waals surface area contributed by atoms with Gasteiger partial charge >= 0.3 is 0 Å². The number of ether oxygens (including phenoxy) is 1. The first-order valence-electron chi connectivity index (χ1n) is 7.83. The molecule has 1 aliphatic rings. The van der Waals surface area contributed by atoms with Crippen LogP contribution in [0.3, 0.4) is 0 Å². The molecule has 0 amide bonds. The van der Waals surface area contributed by atoms with Gasteiger partial charge in [0.15, 0.2) is 0 Å². The molecule has 0 saturated heterocycles. The fourth-order valence-electron chi connectivity index (χ4n) is 2.82. The Morgan fingerprint density at radius 1 is 1.25 bits per heavy atom. The molecular formula is C16H27N3O. The minimum absolute atomic E-state index is 0.334. The molecule has 112 valence electrons. The van der Waals surface area contributed by atoms with Gasteiger partial charge in [-0.3, -0.25) is 0 Å². The topological polar surface area (TPSA) is 47.0 Å². The Labute approximate surface area is 122 Å². The maximum absolute atomic E-state index is 5.89. The van der Waals surface area contributed by atoms with Gasteiger partial charge in [-0.15, -0.1) is 0 Å². The number of nitrogens with one attached hydrogen (secondary N) is 1. The maximum atomic E-state index is 5.89. The molecule has 0 bridgehead atoms. The molecule has 1 aromatic rings. The number of rotatable bonds is 5. The van der Waals surface area contributed by atoms with Crippen LogP contribution in [0.25, 0.3) is 0 Å². The highest BCUT2D eigenvalue weighted by Crippen LogP contribution is 2.24. The van der Waals surface area contributed by atoms with Crippen molar-refractivity contribution in [2.75, 3.05) is 5.32 Å². The van der Waals surface area contributed by atoms with Gasteiger partial charge in [-0.1, -0.05) is 6.92 Å². The molecule has 2 rings (SSSR count). The average Bonchev–Trinajstić information content (AvgIpc) is 2.39. The van der Waals surface area contributed by atoms with E-state index in [-0.39, 0.29) is 0 Å². The average molecular weight is 277 g/mol. The number of aryl methyl sites for hydroxylation is 2. The number of hydrogen-bond donors (Lipinski definition) is 1. The Morgan fingerprint density at radius 2 is 1.95 bits per heavy atom. The molecule has 0 spiro atoms. The zero-order valence-electron chi connectivity index (χ0n) is 13.1. The van der Waals surface area contributed by atoms with Crippen molar-refractivity contribution < 1.29 is 4.74 Å². The molecule has 1 aromatic heterocycles. The molecule has 0 aliphatic heterocycles. The summed E-state index contributed by atoms with van der Waals surface area (Å²) in [5.74, 6) is 1.83. The number of aromatic nitrogens is 2. The molecule has 4 nitrogen and oxygen atoms in total. The molecule has 0 unspecified atom stereocenters. The van der Waals surface area contributed by atoms with E-state index in [4.69, 9.17) is 4.74 Å². The predicted molar refractivity (Wildman–Crippen MR) is 82.0 cm³/mol. The Morgan fingerprint density at radius 3 is 2.55 bits per heavy atom. The van der Waals surface area contributed by atoms with Crippen LogP contribution in [0.5, 0.6) is 0 Å². The van der Waals surface area contributed by atoms with E-state index in [9.17, 15) is 0 Å². The fourth-order valence-corrected chi connectivity index (χ4v) is 2.82. The summed E-state index contributed by atoms with van der Waals surface area (Å²) in [6.45, 7) is 8.30. The third-order valence-corrected chi connectivity index (χ3v) is 3.74. The van der Waals surface area contributed by atoms with Crippen molar-refractivity contribution in [3.63, 3.8) is 0 Å². The van der Waals surface area contributed by atoms with Crippen molar-refractivity contribution >= 4 is 5.82 Å². The lowest BCUT2D eigenvalue weighted by Crippen LogP contribution is -2.31. The Kier molecular flexibility index (Phi) is 5.35. The normalized spacial score (nSPS) is 23.1. The molecule has 1 fully saturated rings. The SMILES string of the molecule is CCc1cc(NC2CCC(OC(C)C)CC2)nc(C)n1. The summed E-state index contributed by atoms with van der Waals surface area (Å²) in [7, 11) is 0. The minimum atomic E-state index is 0.334. The van der Waals surface area contributed by atoms with E-state index < -0.39 is 0 Å². The minimum Gasteiger partial charge on any atom is -0.376 e. The quantitative estimate of drug-likeness (QED) is 0.895. The zero-order chi connectivity index (χ0) is 14.5. The van der Waals surface area contributed by atoms with Gasteiger partial charge in [-0.05, 0) is 52.9 Å². The summed E-state index contributed by atoms with van der Waals surface area (Å²) in [4.78, 5) is 8.91. The van der Waals surface area contributed by atoms with Gasteiger partial charge in [0.25, 0.3) is 0 Å². The Balaban J connectivity index is 1.87. The van der Waals surface area contributed by atoms with Gasteiger partial charge in [0.1, 0.15) is 11.6 Å². The van der Waals surface area contributed by atoms with E-state index in [0.29, 0.717) is 18.2 Å². The maximum Gasteiger partial charge on any atom is 0.130 e. The van der Waals surface area contributed by atoms with E-state index >= 15 is 0 Å². The van der Waals surface area contributed by atoms with Crippen LogP contribution < -0.4 is 5.32 Å². The molecule has 1 N–H and O–H groups in total. The van der Waals surface area contributed by atoms with Crippen LogP contribution in [0.1, 0.15) is 58.0 Å². The summed E-state index contributed by atoms with van der Waals surface area (Å²) in [6.07, 6.45) is 6.31. The van der Waals surface area contributed by atoms with Gasteiger partial charge in [0.05, 0.1) is 12.2 Å². The second kappa shape index (κ2) is 7.02. The first-order chi connectivity index (χ1) is 9.56. The summed E-state index contributed by atoms with van der Waals surface area (Å²) in [5.41, 5.74) is 1.11. The third-order valence-electron chi connectivity index (χ3n) is 3.74. The number of nitrogens with zero attached hydrogens (tertiary/aromatic N) is 2. The predicted octanol–water partition coefficient (Wildman–Crippen LogP) is 3.50. The standard InChI is InChI=1S/C16H27N3O/c1-5-13-10-16(18-12(4)17-13)19-14-6-8-15(9-7-14)20-11(2)3/h10-11,14-15H,5-9H2,1-4H3,(H,17,18,19). The van der Waals surface area contributed by atoms with Crippen molar-refractivity contribution in [1.29, 1.82) is 0 Å². The highest BCUT2D eigenvalue weighted by Gasteiger charge is 2.22. The summed E-state index contributed by atoms with van der Waals surface area (Å²) in [6, 6.07) is 2.59. The molecular weight excluding hydrogens is 250 g/mol. The Hall–Kier alpha value is -1.16. The molecule has 1 saturated carbocycles. The molecule has 1 heterocycles.